The van der Waals surface area contributed by atoms with Gasteiger partial charge in [0.05, 0.1) is 11.2 Å². The number of halogens is 1. The summed E-state index contributed by atoms with van der Waals surface area (Å²) in [7, 11) is 0. The zero-order valence-corrected chi connectivity index (χ0v) is 15.0. The van der Waals surface area contributed by atoms with Gasteiger partial charge in [0.1, 0.15) is 17.1 Å². The maximum atomic E-state index is 14.2. The molecule has 0 atom stereocenters. The first-order valence-electron chi connectivity index (χ1n) is 8.29. The Labute approximate surface area is 152 Å². The molecule has 136 valence electrons. The number of hydrogen-bond acceptors (Lipinski definition) is 4. The van der Waals surface area contributed by atoms with Gasteiger partial charge in [0, 0.05) is 6.54 Å². The number of para-hydroxylation sites is 1. The molecule has 2 heterocycles. The van der Waals surface area contributed by atoms with Crippen molar-refractivity contribution in [2.24, 2.45) is 0 Å². The molecule has 0 saturated heterocycles. The first kappa shape index (κ1) is 18.1. The molecule has 8 heteroatoms. The largest absolute Gasteiger partial charge is 0.355 e. The third-order valence-electron chi connectivity index (χ3n) is 4.00. The summed E-state index contributed by atoms with van der Waals surface area (Å²) < 4.78 is 16.5. The third kappa shape index (κ3) is 3.32. The normalized spacial score (nSPS) is 11.0. The summed E-state index contributed by atoms with van der Waals surface area (Å²) in [6.07, 6.45) is 1.77. The minimum absolute atomic E-state index is 0.127. The second-order valence-electron chi connectivity index (χ2n) is 5.80. The Bertz CT molecular complexity index is 1070. The van der Waals surface area contributed by atoms with E-state index in [0.29, 0.717) is 16.8 Å². The summed E-state index contributed by atoms with van der Waals surface area (Å²) >= 11 is 1.15. The van der Waals surface area contributed by atoms with Gasteiger partial charge in [-0.1, -0.05) is 25.5 Å². The second-order valence-corrected chi connectivity index (χ2v) is 6.72. The van der Waals surface area contributed by atoms with E-state index in [2.05, 4.69) is 5.32 Å². The Kier molecular flexibility index (Phi) is 5.32. The monoisotopic (exact) mass is 375 g/mol. The number of thiophene rings is 1. The quantitative estimate of drug-likeness (QED) is 0.672. The van der Waals surface area contributed by atoms with Gasteiger partial charge in [0.25, 0.3) is 5.56 Å². The maximum absolute atomic E-state index is 14.2. The average Bonchev–Trinajstić information content (AvgIpc) is 3.10. The van der Waals surface area contributed by atoms with E-state index in [9.17, 15) is 18.8 Å². The average molecular weight is 375 g/mol. The molecule has 0 bridgehead atoms. The van der Waals surface area contributed by atoms with Crippen LogP contribution < -0.4 is 16.6 Å². The Balaban J connectivity index is 2.14. The molecule has 6 nitrogen and oxygen atoms in total. The van der Waals surface area contributed by atoms with E-state index in [1.165, 1.54) is 22.8 Å². The number of amides is 1. The van der Waals surface area contributed by atoms with Crippen molar-refractivity contribution < 1.29 is 9.18 Å². The molecule has 0 aliphatic heterocycles. The van der Waals surface area contributed by atoms with Crippen molar-refractivity contribution in [3.05, 3.63) is 62.4 Å². The SMILES string of the molecule is CCCCNC(=O)Cn1c(=O)n(-c2ccccc2F)c(=O)c2sccc21. The van der Waals surface area contributed by atoms with Crippen LogP contribution in [-0.2, 0) is 11.3 Å². The Morgan fingerprint density at radius 2 is 2.00 bits per heavy atom. The molecule has 1 amide bonds. The van der Waals surface area contributed by atoms with Crippen molar-refractivity contribution in [2.75, 3.05) is 6.54 Å². The third-order valence-corrected chi connectivity index (χ3v) is 4.89. The van der Waals surface area contributed by atoms with Crippen LogP contribution in [0, 0.1) is 5.82 Å². The van der Waals surface area contributed by atoms with Gasteiger partial charge in [-0.25, -0.2) is 13.8 Å². The zero-order chi connectivity index (χ0) is 18.7. The van der Waals surface area contributed by atoms with Crippen LogP contribution in [0.2, 0.25) is 0 Å². The number of fused-ring (bicyclic) bond motifs is 1. The number of carbonyl (C=O) groups excluding carboxylic acids is 1. The number of carbonyl (C=O) groups is 1. The van der Waals surface area contributed by atoms with Gasteiger partial charge >= 0.3 is 5.69 Å². The zero-order valence-electron chi connectivity index (χ0n) is 14.2. The van der Waals surface area contributed by atoms with Crippen molar-refractivity contribution in [1.29, 1.82) is 0 Å². The summed E-state index contributed by atoms with van der Waals surface area (Å²) in [6.45, 7) is 2.30. The second kappa shape index (κ2) is 7.65. The number of nitrogens with one attached hydrogen (secondary N) is 1. The van der Waals surface area contributed by atoms with E-state index in [0.717, 1.165) is 28.7 Å². The van der Waals surface area contributed by atoms with E-state index in [1.54, 1.807) is 17.5 Å². The number of aromatic nitrogens is 2. The summed E-state index contributed by atoms with van der Waals surface area (Å²) in [4.78, 5) is 37.8. The molecule has 2 aromatic heterocycles. The molecule has 1 aromatic carbocycles. The molecular weight excluding hydrogens is 357 g/mol. The molecule has 3 rings (SSSR count). The van der Waals surface area contributed by atoms with E-state index >= 15 is 0 Å². The molecule has 0 radical (unpaired) electrons. The summed E-state index contributed by atoms with van der Waals surface area (Å²) in [5.41, 5.74) is -1.08. The van der Waals surface area contributed by atoms with Crippen LogP contribution >= 0.6 is 11.3 Å². The molecule has 26 heavy (non-hydrogen) atoms. The van der Waals surface area contributed by atoms with Gasteiger partial charge in [0.15, 0.2) is 0 Å². The predicted octanol–water partition coefficient (Wildman–Crippen LogP) is 2.27. The highest BCUT2D eigenvalue weighted by atomic mass is 32.1. The highest BCUT2D eigenvalue weighted by Crippen LogP contribution is 2.17. The van der Waals surface area contributed by atoms with Crippen LogP contribution in [0.15, 0.2) is 45.3 Å². The summed E-state index contributed by atoms with van der Waals surface area (Å²) in [5.74, 6) is -1.01. The van der Waals surface area contributed by atoms with E-state index in [1.807, 2.05) is 6.92 Å². The van der Waals surface area contributed by atoms with Gasteiger partial charge in [0.2, 0.25) is 5.91 Å². The lowest BCUT2D eigenvalue weighted by Crippen LogP contribution is -2.41. The molecule has 0 aliphatic carbocycles. The van der Waals surface area contributed by atoms with Gasteiger partial charge < -0.3 is 5.32 Å². The van der Waals surface area contributed by atoms with Gasteiger partial charge in [-0.05, 0) is 30.0 Å². The van der Waals surface area contributed by atoms with Crippen LogP contribution in [-0.4, -0.2) is 21.6 Å². The fourth-order valence-corrected chi connectivity index (χ4v) is 3.51. The highest BCUT2D eigenvalue weighted by Gasteiger charge is 2.19. The molecule has 0 fully saturated rings. The van der Waals surface area contributed by atoms with Crippen molar-refractivity contribution >= 4 is 27.5 Å². The van der Waals surface area contributed by atoms with Crippen molar-refractivity contribution in [3.63, 3.8) is 0 Å². The molecule has 1 N–H and O–H groups in total. The first-order valence-corrected chi connectivity index (χ1v) is 9.17. The van der Waals surface area contributed by atoms with Crippen molar-refractivity contribution in [1.82, 2.24) is 14.5 Å². The Morgan fingerprint density at radius 1 is 1.23 bits per heavy atom. The fourth-order valence-electron chi connectivity index (χ4n) is 2.69. The van der Waals surface area contributed by atoms with E-state index < -0.39 is 17.1 Å². The van der Waals surface area contributed by atoms with Crippen LogP contribution in [0.25, 0.3) is 15.9 Å². The van der Waals surface area contributed by atoms with Gasteiger partial charge in [-0.15, -0.1) is 11.3 Å². The standard InChI is InChI=1S/C18H18FN3O3S/c1-2-3-9-20-15(23)11-21-14-8-10-26-16(14)17(24)22(18(21)25)13-7-5-4-6-12(13)19/h4-8,10H,2-3,9,11H2,1H3,(H,20,23). The lowest BCUT2D eigenvalue weighted by molar-refractivity contribution is -0.121. The van der Waals surface area contributed by atoms with Crippen molar-refractivity contribution in [3.8, 4) is 5.69 Å². The smallest absolute Gasteiger partial charge is 0.336 e. The fraction of sp³-hybridized carbons (Fsp3) is 0.278. The lowest BCUT2D eigenvalue weighted by atomic mass is 10.3. The van der Waals surface area contributed by atoms with Crippen LogP contribution in [0.3, 0.4) is 0 Å². The van der Waals surface area contributed by atoms with Crippen LogP contribution in [0.1, 0.15) is 19.8 Å². The highest BCUT2D eigenvalue weighted by molar-refractivity contribution is 7.17. The minimum Gasteiger partial charge on any atom is -0.355 e. The summed E-state index contributed by atoms with van der Waals surface area (Å²) in [5, 5.41) is 4.41. The molecule has 0 unspecified atom stereocenters. The minimum atomic E-state index is -0.739. The Hall–Kier alpha value is -2.74. The predicted molar refractivity (Wildman–Crippen MR) is 99.6 cm³/mol. The first-order chi connectivity index (χ1) is 12.5. The van der Waals surface area contributed by atoms with Crippen molar-refractivity contribution in [2.45, 2.75) is 26.3 Å². The number of nitrogens with zero attached hydrogens (tertiary/aromatic N) is 2. The molecule has 0 spiro atoms. The maximum Gasteiger partial charge on any atom is 0.336 e. The van der Waals surface area contributed by atoms with Crippen LogP contribution in [0.4, 0.5) is 4.39 Å². The number of rotatable bonds is 6. The van der Waals surface area contributed by atoms with Crippen LogP contribution in [0.5, 0.6) is 0 Å². The van der Waals surface area contributed by atoms with Gasteiger partial charge in [-0.2, -0.15) is 0 Å². The summed E-state index contributed by atoms with van der Waals surface area (Å²) in [6, 6.07) is 7.19. The van der Waals surface area contributed by atoms with E-state index in [4.69, 9.17) is 0 Å². The Morgan fingerprint density at radius 3 is 2.73 bits per heavy atom. The topological polar surface area (TPSA) is 73.1 Å². The number of benzene rings is 1. The molecule has 0 aliphatic rings. The van der Waals surface area contributed by atoms with Gasteiger partial charge in [-0.3, -0.25) is 14.2 Å². The molecule has 3 aromatic rings. The number of unbranched alkanes of at least 4 members (excludes halogenated alkanes) is 1. The number of hydrogen-bond donors (Lipinski definition) is 1. The lowest BCUT2D eigenvalue weighted by Gasteiger charge is -2.12. The molecule has 0 saturated carbocycles. The van der Waals surface area contributed by atoms with E-state index in [-0.39, 0.29) is 18.1 Å². The molecular formula is C18H18FN3O3S.